The van der Waals surface area contributed by atoms with Crippen LogP contribution in [0.25, 0.3) is 0 Å². The second-order valence-corrected chi connectivity index (χ2v) is 12.2. The first kappa shape index (κ1) is 35.7. The van der Waals surface area contributed by atoms with Crippen LogP contribution in [0.3, 0.4) is 0 Å². The molecule has 0 saturated heterocycles. The molecule has 196 valence electrons. The average molecular weight is 701 g/mol. The maximum Gasteiger partial charge on any atom is 0.330 e. The lowest BCUT2D eigenvalue weighted by atomic mass is 10.0. The van der Waals surface area contributed by atoms with E-state index in [0.717, 1.165) is 13.0 Å². The van der Waals surface area contributed by atoms with Gasteiger partial charge in [0.1, 0.15) is 0 Å². The Morgan fingerprint density at radius 2 is 0.969 bits per heavy atom. The van der Waals surface area contributed by atoms with Crippen molar-refractivity contribution in [2.75, 3.05) is 43.9 Å². The summed E-state index contributed by atoms with van der Waals surface area (Å²) < 4.78 is 24.5. The van der Waals surface area contributed by atoms with Crippen LogP contribution in [-0.4, -0.2) is 43.9 Å². The third-order valence-electron chi connectivity index (χ3n) is 5.92. The number of nitrogens with one attached hydrogen (secondary N) is 1. The summed E-state index contributed by atoms with van der Waals surface area (Å²) >= 11 is 2.48. The van der Waals surface area contributed by atoms with E-state index < -0.39 is 7.60 Å². The molecule has 0 fully saturated rings. The van der Waals surface area contributed by atoms with Gasteiger partial charge in [-0.25, -0.2) is 0 Å². The predicted octanol–water partition coefficient (Wildman–Crippen LogP) is 4.45. The summed E-state index contributed by atoms with van der Waals surface area (Å²) in [4.78, 5) is 1.53. The molecular formula is C25H54I2NO3P. The lowest BCUT2D eigenvalue weighted by molar-refractivity contribution is -0.879. The molecule has 0 amide bonds. The van der Waals surface area contributed by atoms with Crippen molar-refractivity contribution in [2.45, 2.75) is 117 Å². The molecular weight excluding hydrogens is 647 g/mol. The van der Waals surface area contributed by atoms with Crippen molar-refractivity contribution in [2.24, 2.45) is 0 Å². The van der Waals surface area contributed by atoms with Crippen LogP contribution in [0.1, 0.15) is 117 Å². The third-order valence-corrected chi connectivity index (χ3v) is 8.85. The van der Waals surface area contributed by atoms with E-state index >= 15 is 0 Å². The van der Waals surface area contributed by atoms with Crippen LogP contribution in [0.15, 0.2) is 0 Å². The molecule has 0 aromatic heterocycles. The van der Waals surface area contributed by atoms with Gasteiger partial charge in [0.15, 0.2) is 0 Å². The quantitative estimate of drug-likeness (QED) is 0.0663. The molecule has 1 atom stereocenters. The predicted molar refractivity (Wildman–Crippen MR) is 145 cm³/mol. The van der Waals surface area contributed by atoms with Gasteiger partial charge in [-0.15, -0.1) is 0 Å². The van der Waals surface area contributed by atoms with Crippen molar-refractivity contribution < 1.29 is 42.5 Å². The summed E-state index contributed by atoms with van der Waals surface area (Å²) in [6.45, 7) is 6.92. The maximum absolute atomic E-state index is 12.5. The molecule has 1 unspecified atom stereocenters. The van der Waals surface area contributed by atoms with Crippen LogP contribution in [0.5, 0.6) is 0 Å². The highest BCUT2D eigenvalue weighted by Gasteiger charge is 2.23. The third kappa shape index (κ3) is 24.7. The topological polar surface area (TPSA) is 40.0 Å². The van der Waals surface area contributed by atoms with E-state index in [2.05, 4.69) is 29.6 Å². The van der Waals surface area contributed by atoms with Gasteiger partial charge >= 0.3 is 7.60 Å². The maximum atomic E-state index is 12.5. The zero-order valence-corrected chi connectivity index (χ0v) is 26.7. The van der Waals surface area contributed by atoms with E-state index in [1.54, 1.807) is 0 Å². The fourth-order valence-corrected chi connectivity index (χ4v) is 6.28. The van der Waals surface area contributed by atoms with Gasteiger partial charge in [-0.2, -0.15) is 0 Å². The lowest BCUT2D eigenvalue weighted by Gasteiger charge is -2.18. The molecule has 0 aliphatic rings. The molecule has 0 heterocycles. The monoisotopic (exact) mass is 701 g/mol. The van der Waals surface area contributed by atoms with E-state index in [0.29, 0.717) is 19.4 Å². The molecule has 7 heteroatoms. The molecule has 32 heavy (non-hydrogen) atoms. The first-order valence-corrected chi connectivity index (χ1v) is 16.6. The van der Waals surface area contributed by atoms with Crippen LogP contribution < -0.4 is 28.9 Å². The van der Waals surface area contributed by atoms with E-state index in [9.17, 15) is 4.57 Å². The first-order valence-electron chi connectivity index (χ1n) is 13.3. The van der Waals surface area contributed by atoms with E-state index in [4.69, 9.17) is 9.05 Å². The minimum absolute atomic E-state index is 0. The van der Waals surface area contributed by atoms with Gasteiger partial charge in [0.2, 0.25) is 0 Å². The highest BCUT2D eigenvalue weighted by atomic mass is 127. The fraction of sp³-hybridized carbons (Fsp3) is 1.00. The Kier molecular flexibility index (Phi) is 30.3. The van der Waals surface area contributed by atoms with Gasteiger partial charge < -0.3 is 37.9 Å². The van der Waals surface area contributed by atoms with Gasteiger partial charge in [-0.05, 0) is 37.5 Å². The Morgan fingerprint density at radius 3 is 1.34 bits per heavy atom. The molecule has 0 aliphatic carbocycles. The number of halogens is 2. The second-order valence-electron chi connectivity index (χ2n) is 8.97. The van der Waals surface area contributed by atoms with E-state index in [1.807, 2.05) is 13.8 Å². The van der Waals surface area contributed by atoms with Gasteiger partial charge in [-0.1, -0.05) is 99.6 Å². The van der Waals surface area contributed by atoms with Gasteiger partial charge in [0.25, 0.3) is 0 Å². The summed E-state index contributed by atoms with van der Waals surface area (Å²) in [5, 5.41) is 0. The zero-order chi connectivity index (χ0) is 23.0. The van der Waals surface area contributed by atoms with Crippen molar-refractivity contribution in [3.63, 3.8) is 0 Å². The van der Waals surface area contributed by atoms with Gasteiger partial charge in [0, 0.05) is 6.42 Å². The minimum atomic E-state index is -2.85. The summed E-state index contributed by atoms with van der Waals surface area (Å²) in [6.07, 6.45) is 22.7. The number of rotatable bonds is 25. The number of hydrogen-bond acceptors (Lipinski definition) is 3. The molecule has 0 aromatic carbocycles. The Hall–Kier alpha value is 1.57. The van der Waals surface area contributed by atoms with Crippen molar-refractivity contribution in [1.82, 2.24) is 0 Å². The molecule has 1 N–H and O–H groups in total. The SMILES string of the molecule is CCOP(=O)(CCC[NH+](C)CCCCCCCCCCCCCCCCCI)OCC.[I-]. The fourth-order valence-electron chi connectivity index (χ4n) is 4.08. The molecule has 0 radical (unpaired) electrons. The smallest absolute Gasteiger partial charge is 0.330 e. The van der Waals surface area contributed by atoms with Crippen LogP contribution in [0.2, 0.25) is 0 Å². The summed E-state index contributed by atoms with van der Waals surface area (Å²) in [5.74, 6) is 0. The van der Waals surface area contributed by atoms with Crippen LogP contribution in [-0.2, 0) is 13.6 Å². The number of unbranched alkanes of at least 4 members (excludes halogenated alkanes) is 14. The number of alkyl halides is 1. The Bertz CT molecular complexity index is 407. The molecule has 0 spiro atoms. The summed E-state index contributed by atoms with van der Waals surface area (Å²) in [5.41, 5.74) is 0. The molecule has 0 saturated carbocycles. The normalized spacial score (nSPS) is 12.6. The van der Waals surface area contributed by atoms with Gasteiger partial charge in [-0.3, -0.25) is 4.57 Å². The Balaban J connectivity index is 0. The zero-order valence-electron chi connectivity index (χ0n) is 21.5. The average Bonchev–Trinajstić information content (AvgIpc) is 2.73. The first-order chi connectivity index (χ1) is 15.1. The van der Waals surface area contributed by atoms with E-state index in [1.165, 1.54) is 112 Å². The van der Waals surface area contributed by atoms with Crippen molar-refractivity contribution in [3.05, 3.63) is 0 Å². The van der Waals surface area contributed by atoms with Crippen LogP contribution in [0, 0.1) is 0 Å². The molecule has 0 aromatic rings. The van der Waals surface area contributed by atoms with E-state index in [-0.39, 0.29) is 24.0 Å². The van der Waals surface area contributed by atoms with Crippen molar-refractivity contribution in [1.29, 1.82) is 0 Å². The Labute approximate surface area is 231 Å². The highest BCUT2D eigenvalue weighted by molar-refractivity contribution is 14.1. The second kappa shape index (κ2) is 27.2. The summed E-state index contributed by atoms with van der Waals surface area (Å²) in [6, 6.07) is 0. The molecule has 4 nitrogen and oxygen atoms in total. The van der Waals surface area contributed by atoms with Crippen molar-refractivity contribution in [3.8, 4) is 0 Å². The lowest BCUT2D eigenvalue weighted by Crippen LogP contribution is -3.09. The summed E-state index contributed by atoms with van der Waals surface area (Å²) in [7, 11) is -0.606. The van der Waals surface area contributed by atoms with Crippen molar-refractivity contribution >= 4 is 30.2 Å². The largest absolute Gasteiger partial charge is 1.00 e. The van der Waals surface area contributed by atoms with Crippen LogP contribution >= 0.6 is 30.2 Å². The Morgan fingerprint density at radius 1 is 0.625 bits per heavy atom. The highest BCUT2D eigenvalue weighted by Crippen LogP contribution is 2.48. The minimum Gasteiger partial charge on any atom is -1.00 e. The number of hydrogen-bond donors (Lipinski definition) is 1. The molecule has 0 rings (SSSR count). The molecule has 0 bridgehead atoms. The molecule has 0 aliphatic heterocycles. The van der Waals surface area contributed by atoms with Crippen LogP contribution in [0.4, 0.5) is 0 Å². The standard InChI is InChI=1S/C25H53INO3P.HI/c1-4-29-31(28,30-5-2)25-21-24-27(3)23-20-18-16-14-12-10-8-6-7-9-11-13-15-17-19-22-26;/h4-25H2,1-3H3;1H. The van der Waals surface area contributed by atoms with Gasteiger partial charge in [0.05, 0.1) is 39.5 Å². The number of quaternary nitrogens is 1.